The zero-order valence-corrected chi connectivity index (χ0v) is 13.7. The summed E-state index contributed by atoms with van der Waals surface area (Å²) in [6.07, 6.45) is 2.02. The lowest BCUT2D eigenvalue weighted by molar-refractivity contribution is -0.117. The number of hydrogen-bond acceptors (Lipinski definition) is 3. The van der Waals surface area contributed by atoms with Crippen LogP contribution < -0.4 is 10.1 Å². The molecular weight excluding hydrogens is 307 g/mol. The van der Waals surface area contributed by atoms with Gasteiger partial charge >= 0.3 is 0 Å². The number of carbonyl (C=O) groups is 1. The SMILES string of the molecule is COc1cccc(NC(=O)CN2CCC[C@H]2c2ccc(F)cc2)c1. The zero-order valence-electron chi connectivity index (χ0n) is 13.7. The molecule has 1 N–H and O–H groups in total. The second kappa shape index (κ2) is 7.45. The van der Waals surface area contributed by atoms with Crippen molar-refractivity contribution in [3.8, 4) is 5.75 Å². The van der Waals surface area contributed by atoms with E-state index in [-0.39, 0.29) is 17.8 Å². The van der Waals surface area contributed by atoms with Crippen molar-refractivity contribution in [1.29, 1.82) is 0 Å². The number of nitrogens with one attached hydrogen (secondary N) is 1. The Morgan fingerprint density at radius 3 is 2.83 bits per heavy atom. The molecule has 1 amide bonds. The van der Waals surface area contributed by atoms with Crippen LogP contribution >= 0.6 is 0 Å². The van der Waals surface area contributed by atoms with Crippen LogP contribution in [0.4, 0.5) is 10.1 Å². The summed E-state index contributed by atoms with van der Waals surface area (Å²) in [6.45, 7) is 1.19. The standard InChI is InChI=1S/C19H21FN2O2/c1-24-17-5-2-4-16(12-17)21-19(23)13-22-11-3-6-18(22)14-7-9-15(20)10-8-14/h2,4-5,7-10,12,18H,3,6,11,13H2,1H3,(H,21,23)/t18-/m0/s1. The number of nitrogens with zero attached hydrogens (tertiary/aromatic N) is 1. The number of anilines is 1. The van der Waals surface area contributed by atoms with Crippen LogP contribution in [0.2, 0.25) is 0 Å². The zero-order chi connectivity index (χ0) is 16.9. The van der Waals surface area contributed by atoms with E-state index < -0.39 is 0 Å². The number of halogens is 1. The van der Waals surface area contributed by atoms with E-state index in [1.165, 1.54) is 12.1 Å². The Morgan fingerprint density at radius 2 is 2.08 bits per heavy atom. The number of methoxy groups -OCH3 is 1. The molecule has 3 rings (SSSR count). The lowest BCUT2D eigenvalue weighted by Gasteiger charge is -2.24. The second-order valence-corrected chi connectivity index (χ2v) is 5.96. The van der Waals surface area contributed by atoms with E-state index >= 15 is 0 Å². The average molecular weight is 328 g/mol. The van der Waals surface area contributed by atoms with Crippen molar-refractivity contribution in [2.45, 2.75) is 18.9 Å². The summed E-state index contributed by atoms with van der Waals surface area (Å²) < 4.78 is 18.3. The second-order valence-electron chi connectivity index (χ2n) is 5.96. The van der Waals surface area contributed by atoms with Crippen LogP contribution in [0, 0.1) is 5.82 Å². The molecule has 1 saturated heterocycles. The van der Waals surface area contributed by atoms with Gasteiger partial charge in [0.25, 0.3) is 0 Å². The third kappa shape index (κ3) is 3.92. The van der Waals surface area contributed by atoms with Gasteiger partial charge in [-0.05, 0) is 49.2 Å². The number of benzene rings is 2. The molecule has 5 heteroatoms. The molecule has 126 valence electrons. The molecule has 0 aromatic heterocycles. The van der Waals surface area contributed by atoms with Crippen LogP contribution in [0.15, 0.2) is 48.5 Å². The molecule has 24 heavy (non-hydrogen) atoms. The highest BCUT2D eigenvalue weighted by atomic mass is 19.1. The summed E-state index contributed by atoms with van der Waals surface area (Å²) in [5.74, 6) is 0.412. The minimum atomic E-state index is -0.237. The molecule has 1 aliphatic rings. The molecular formula is C19H21FN2O2. The molecule has 0 saturated carbocycles. The Hall–Kier alpha value is -2.40. The van der Waals surface area contributed by atoms with Crippen LogP contribution in [0.25, 0.3) is 0 Å². The van der Waals surface area contributed by atoms with Gasteiger partial charge in [0.15, 0.2) is 0 Å². The van der Waals surface area contributed by atoms with Crippen LogP contribution in [-0.2, 0) is 4.79 Å². The van der Waals surface area contributed by atoms with Gasteiger partial charge in [0.05, 0.1) is 13.7 Å². The molecule has 1 fully saturated rings. The van der Waals surface area contributed by atoms with Crippen LogP contribution in [0.1, 0.15) is 24.4 Å². The predicted molar refractivity (Wildman–Crippen MR) is 91.6 cm³/mol. The minimum absolute atomic E-state index is 0.0581. The Labute approximate surface area is 141 Å². The van der Waals surface area contributed by atoms with Gasteiger partial charge in [0.1, 0.15) is 11.6 Å². The fourth-order valence-electron chi connectivity index (χ4n) is 3.16. The first kappa shape index (κ1) is 16.5. The molecule has 2 aromatic carbocycles. The highest BCUT2D eigenvalue weighted by Crippen LogP contribution is 2.31. The van der Waals surface area contributed by atoms with Crippen molar-refractivity contribution in [2.75, 3.05) is 25.5 Å². The monoisotopic (exact) mass is 328 g/mol. The molecule has 2 aromatic rings. The fourth-order valence-corrected chi connectivity index (χ4v) is 3.16. The summed E-state index contributed by atoms with van der Waals surface area (Å²) in [5.41, 5.74) is 1.78. The van der Waals surface area contributed by atoms with Crippen molar-refractivity contribution < 1.29 is 13.9 Å². The normalized spacial score (nSPS) is 17.7. The Balaban J connectivity index is 1.63. The Bertz CT molecular complexity index is 703. The van der Waals surface area contributed by atoms with E-state index in [2.05, 4.69) is 10.2 Å². The lowest BCUT2D eigenvalue weighted by atomic mass is 10.0. The molecule has 0 aliphatic carbocycles. The highest BCUT2D eigenvalue weighted by Gasteiger charge is 2.27. The average Bonchev–Trinajstić information content (AvgIpc) is 3.03. The van der Waals surface area contributed by atoms with Crippen molar-refractivity contribution in [2.24, 2.45) is 0 Å². The van der Waals surface area contributed by atoms with Crippen LogP contribution in [0.5, 0.6) is 5.75 Å². The molecule has 1 aliphatic heterocycles. The van der Waals surface area contributed by atoms with Crippen LogP contribution in [-0.4, -0.2) is 31.0 Å². The van der Waals surface area contributed by atoms with Gasteiger partial charge in [0.2, 0.25) is 5.91 Å². The number of carbonyl (C=O) groups excluding carboxylic acids is 1. The molecule has 4 nitrogen and oxygen atoms in total. The summed E-state index contributed by atoms with van der Waals surface area (Å²) in [7, 11) is 1.60. The molecule has 0 bridgehead atoms. The first-order chi connectivity index (χ1) is 11.7. The van der Waals surface area contributed by atoms with Gasteiger partial charge in [-0.2, -0.15) is 0 Å². The molecule has 1 atom stereocenters. The van der Waals surface area contributed by atoms with E-state index in [1.807, 2.05) is 18.2 Å². The van der Waals surface area contributed by atoms with Gasteiger partial charge in [-0.25, -0.2) is 4.39 Å². The third-order valence-electron chi connectivity index (χ3n) is 4.32. The lowest BCUT2D eigenvalue weighted by Crippen LogP contribution is -2.32. The van der Waals surface area contributed by atoms with Gasteiger partial charge in [-0.1, -0.05) is 18.2 Å². The van der Waals surface area contributed by atoms with E-state index in [0.717, 1.165) is 30.6 Å². The fraction of sp³-hybridized carbons (Fsp3) is 0.316. The van der Waals surface area contributed by atoms with E-state index in [4.69, 9.17) is 4.74 Å². The quantitative estimate of drug-likeness (QED) is 0.912. The number of hydrogen-bond donors (Lipinski definition) is 1. The maximum Gasteiger partial charge on any atom is 0.238 e. The molecule has 0 unspecified atom stereocenters. The van der Waals surface area contributed by atoms with E-state index in [1.54, 1.807) is 25.3 Å². The third-order valence-corrected chi connectivity index (χ3v) is 4.32. The van der Waals surface area contributed by atoms with Crippen LogP contribution in [0.3, 0.4) is 0 Å². The van der Waals surface area contributed by atoms with Crippen molar-refractivity contribution in [3.63, 3.8) is 0 Å². The maximum atomic E-state index is 13.1. The number of likely N-dealkylation sites (tertiary alicyclic amines) is 1. The summed E-state index contributed by atoms with van der Waals surface area (Å²) in [4.78, 5) is 14.5. The predicted octanol–water partition coefficient (Wildman–Crippen LogP) is 3.61. The summed E-state index contributed by atoms with van der Waals surface area (Å²) in [5, 5.41) is 2.90. The maximum absolute atomic E-state index is 13.1. The largest absolute Gasteiger partial charge is 0.497 e. The first-order valence-electron chi connectivity index (χ1n) is 8.09. The molecule has 0 spiro atoms. The molecule has 0 radical (unpaired) electrons. The number of amides is 1. The smallest absolute Gasteiger partial charge is 0.238 e. The van der Waals surface area contributed by atoms with Crippen molar-refractivity contribution in [1.82, 2.24) is 4.90 Å². The van der Waals surface area contributed by atoms with Gasteiger partial charge in [-0.15, -0.1) is 0 Å². The topological polar surface area (TPSA) is 41.6 Å². The number of ether oxygens (including phenoxy) is 1. The Kier molecular flexibility index (Phi) is 5.11. The van der Waals surface area contributed by atoms with Gasteiger partial charge in [0, 0.05) is 17.8 Å². The minimum Gasteiger partial charge on any atom is -0.497 e. The van der Waals surface area contributed by atoms with Crippen molar-refractivity contribution >= 4 is 11.6 Å². The van der Waals surface area contributed by atoms with E-state index in [0.29, 0.717) is 12.3 Å². The van der Waals surface area contributed by atoms with Crippen molar-refractivity contribution in [3.05, 3.63) is 59.9 Å². The van der Waals surface area contributed by atoms with Gasteiger partial charge in [-0.3, -0.25) is 9.69 Å². The number of rotatable bonds is 5. The van der Waals surface area contributed by atoms with Gasteiger partial charge < -0.3 is 10.1 Å². The molecule has 1 heterocycles. The summed E-state index contributed by atoms with van der Waals surface area (Å²) >= 11 is 0. The Morgan fingerprint density at radius 1 is 1.29 bits per heavy atom. The van der Waals surface area contributed by atoms with E-state index in [9.17, 15) is 9.18 Å². The highest BCUT2D eigenvalue weighted by molar-refractivity contribution is 5.92. The first-order valence-corrected chi connectivity index (χ1v) is 8.09. The summed E-state index contributed by atoms with van der Waals surface area (Å²) in [6, 6.07) is 14.0.